The summed E-state index contributed by atoms with van der Waals surface area (Å²) < 4.78 is 0. The van der Waals surface area contributed by atoms with Gasteiger partial charge in [-0.3, -0.25) is 4.79 Å². The molecule has 1 aliphatic carbocycles. The van der Waals surface area contributed by atoms with Crippen LogP contribution in [0.5, 0.6) is 0 Å². The summed E-state index contributed by atoms with van der Waals surface area (Å²) in [6, 6.07) is 16.4. The normalized spacial score (nSPS) is 17.3. The Kier molecular flexibility index (Phi) is 5.47. The number of likely N-dealkylation sites (N-methyl/N-ethyl adjacent to an activating group) is 1. The summed E-state index contributed by atoms with van der Waals surface area (Å²) in [5.74, 6) is 0.0302. The summed E-state index contributed by atoms with van der Waals surface area (Å²) in [7, 11) is 4.29. The number of benzene rings is 2. The van der Waals surface area contributed by atoms with Gasteiger partial charge in [0.2, 0.25) is 0 Å². The molecule has 0 saturated heterocycles. The van der Waals surface area contributed by atoms with Gasteiger partial charge >= 0.3 is 0 Å². The highest BCUT2D eigenvalue weighted by Crippen LogP contribution is 2.43. The molecule has 2 aromatic carbocycles. The van der Waals surface area contributed by atoms with Gasteiger partial charge in [0.05, 0.1) is 6.04 Å². The van der Waals surface area contributed by atoms with Crippen LogP contribution in [0.25, 0.3) is 0 Å². The molecule has 1 N–H and O–H groups in total. The topological polar surface area (TPSA) is 32.3 Å². The van der Waals surface area contributed by atoms with Crippen molar-refractivity contribution in [1.82, 2.24) is 10.2 Å². The molecule has 2 aromatic rings. The van der Waals surface area contributed by atoms with E-state index in [0.717, 1.165) is 29.5 Å². The van der Waals surface area contributed by atoms with Crippen molar-refractivity contribution in [3.8, 4) is 0 Å². The average Bonchev–Trinajstić information content (AvgIpc) is 3.11. The summed E-state index contributed by atoms with van der Waals surface area (Å²) in [5, 5.41) is 3.41. The van der Waals surface area contributed by atoms with Crippen LogP contribution in [0.4, 0.5) is 0 Å². The maximum atomic E-state index is 13.3. The maximum absolute atomic E-state index is 13.3. The zero-order chi connectivity index (χ0) is 18.7. The van der Waals surface area contributed by atoms with Gasteiger partial charge in [-0.1, -0.05) is 61.4 Å². The zero-order valence-electron chi connectivity index (χ0n) is 16.4. The third-order valence-corrected chi connectivity index (χ3v) is 6.01. The van der Waals surface area contributed by atoms with Crippen molar-refractivity contribution in [3.63, 3.8) is 0 Å². The van der Waals surface area contributed by atoms with Crippen molar-refractivity contribution in [2.24, 2.45) is 0 Å². The van der Waals surface area contributed by atoms with E-state index in [1.165, 1.54) is 18.4 Å². The van der Waals surface area contributed by atoms with Crippen LogP contribution in [0.2, 0.25) is 0 Å². The molecule has 0 radical (unpaired) electrons. The third-order valence-electron chi connectivity index (χ3n) is 6.01. The lowest BCUT2D eigenvalue weighted by Gasteiger charge is -2.44. The number of rotatable bonds is 5. The molecule has 1 saturated carbocycles. The quantitative estimate of drug-likeness (QED) is 0.852. The molecule has 26 heavy (non-hydrogen) atoms. The highest BCUT2D eigenvalue weighted by molar-refractivity contribution is 5.97. The molecule has 0 bridgehead atoms. The number of nitrogens with one attached hydrogen (secondary N) is 1. The molecule has 0 spiro atoms. The number of carbonyl (C=O) groups excluding carboxylic acids is 1. The van der Waals surface area contributed by atoms with Crippen molar-refractivity contribution in [2.45, 2.75) is 51.1 Å². The lowest BCUT2D eigenvalue weighted by atomic mass is 9.80. The number of hydrogen-bond acceptors (Lipinski definition) is 2. The number of carbonyl (C=O) groups is 1. The van der Waals surface area contributed by atoms with Gasteiger partial charge in [-0.05, 0) is 57.5 Å². The molecule has 1 aliphatic rings. The van der Waals surface area contributed by atoms with Gasteiger partial charge in [-0.2, -0.15) is 0 Å². The third kappa shape index (κ3) is 3.41. The van der Waals surface area contributed by atoms with Crippen LogP contribution in [0.1, 0.15) is 58.8 Å². The monoisotopic (exact) mass is 349 g/mol. The molecule has 1 amide bonds. The Bertz CT molecular complexity index is 741. The minimum Gasteiger partial charge on any atom is -0.343 e. The Morgan fingerprint density at radius 1 is 0.962 bits per heavy atom. The van der Waals surface area contributed by atoms with E-state index in [0.29, 0.717) is 0 Å². The SMILES string of the molecule is Cc1cccc(C)c1C(=O)NC(c1ccccc1)C1(N(C)[11CH3])CCCC1. The summed E-state index contributed by atoms with van der Waals surface area (Å²) in [6.07, 6.45) is 4.63. The molecule has 0 aliphatic heterocycles. The average molecular weight is 350 g/mol. The predicted molar refractivity (Wildman–Crippen MR) is 107 cm³/mol. The molecule has 1 fully saturated rings. The van der Waals surface area contributed by atoms with Crippen LogP contribution >= 0.6 is 0 Å². The van der Waals surface area contributed by atoms with Gasteiger partial charge < -0.3 is 10.2 Å². The first-order chi connectivity index (χ1) is 12.5. The van der Waals surface area contributed by atoms with E-state index in [9.17, 15) is 4.79 Å². The second-order valence-electron chi connectivity index (χ2n) is 7.79. The Hall–Kier alpha value is -2.13. The van der Waals surface area contributed by atoms with Gasteiger partial charge in [0.1, 0.15) is 0 Å². The summed E-state index contributed by atoms with van der Waals surface area (Å²) in [6.45, 7) is 4.02. The second kappa shape index (κ2) is 7.63. The molecule has 1 atom stereocenters. The lowest BCUT2D eigenvalue weighted by molar-refractivity contribution is 0.0765. The summed E-state index contributed by atoms with van der Waals surface area (Å²) in [4.78, 5) is 15.6. The van der Waals surface area contributed by atoms with E-state index in [2.05, 4.69) is 48.6 Å². The van der Waals surface area contributed by atoms with Crippen molar-refractivity contribution in [1.29, 1.82) is 0 Å². The first kappa shape index (κ1) is 18.7. The Labute approximate surface area is 157 Å². The minimum atomic E-state index is -0.0341. The van der Waals surface area contributed by atoms with Gasteiger partial charge in [0.25, 0.3) is 5.91 Å². The fourth-order valence-corrected chi connectivity index (χ4v) is 4.53. The molecule has 138 valence electrons. The van der Waals surface area contributed by atoms with E-state index in [4.69, 9.17) is 0 Å². The van der Waals surface area contributed by atoms with Crippen LogP contribution in [0.15, 0.2) is 48.5 Å². The van der Waals surface area contributed by atoms with Crippen molar-refractivity contribution in [2.75, 3.05) is 14.1 Å². The fourth-order valence-electron chi connectivity index (χ4n) is 4.53. The number of hydrogen-bond donors (Lipinski definition) is 1. The molecule has 1 unspecified atom stereocenters. The van der Waals surface area contributed by atoms with Crippen LogP contribution in [0.3, 0.4) is 0 Å². The maximum Gasteiger partial charge on any atom is 0.252 e. The number of nitrogens with zero attached hydrogens (tertiary/aromatic N) is 1. The molecular weight excluding hydrogens is 319 g/mol. The molecule has 3 nitrogen and oxygen atoms in total. The van der Waals surface area contributed by atoms with Gasteiger partial charge in [0.15, 0.2) is 0 Å². The standard InChI is InChI=1S/C23H30N2O/c1-17-11-10-12-18(2)20(17)22(26)24-21(19-13-6-5-7-14-19)23(25(3)4)15-8-9-16-23/h5-7,10-14,21H,8-9,15-16H2,1-4H3,(H,24,26)/i3-1. The van der Waals surface area contributed by atoms with E-state index in [1.54, 1.807) is 0 Å². The highest BCUT2D eigenvalue weighted by Gasteiger charge is 2.44. The van der Waals surface area contributed by atoms with Crippen molar-refractivity contribution >= 4 is 5.91 Å². The fraction of sp³-hybridized carbons (Fsp3) is 0.435. The van der Waals surface area contributed by atoms with Crippen LogP contribution in [-0.2, 0) is 0 Å². The Morgan fingerprint density at radius 3 is 2.08 bits per heavy atom. The second-order valence-corrected chi connectivity index (χ2v) is 7.79. The largest absolute Gasteiger partial charge is 0.343 e. The van der Waals surface area contributed by atoms with Crippen LogP contribution in [0, 0.1) is 13.8 Å². The van der Waals surface area contributed by atoms with Gasteiger partial charge in [-0.15, -0.1) is 0 Å². The zero-order valence-corrected chi connectivity index (χ0v) is 16.4. The first-order valence-corrected chi connectivity index (χ1v) is 9.55. The van der Waals surface area contributed by atoms with Crippen LogP contribution < -0.4 is 5.32 Å². The van der Waals surface area contributed by atoms with Crippen LogP contribution in [-0.4, -0.2) is 30.4 Å². The van der Waals surface area contributed by atoms with Crippen molar-refractivity contribution in [3.05, 3.63) is 70.8 Å². The highest BCUT2D eigenvalue weighted by atomic mass is 16.1. The Balaban J connectivity index is 2.01. The van der Waals surface area contributed by atoms with E-state index in [1.807, 2.05) is 38.1 Å². The molecule has 0 aromatic heterocycles. The Morgan fingerprint density at radius 2 is 1.54 bits per heavy atom. The van der Waals surface area contributed by atoms with E-state index < -0.39 is 0 Å². The van der Waals surface area contributed by atoms with Gasteiger partial charge in [0, 0.05) is 11.1 Å². The van der Waals surface area contributed by atoms with Gasteiger partial charge in [-0.25, -0.2) is 0 Å². The first-order valence-electron chi connectivity index (χ1n) is 9.55. The number of aryl methyl sites for hydroxylation is 2. The van der Waals surface area contributed by atoms with E-state index >= 15 is 0 Å². The molecule has 3 heteroatoms. The minimum absolute atomic E-state index is 0.0206. The predicted octanol–water partition coefficient (Wildman–Crippen LogP) is 4.65. The molecule has 3 rings (SSSR count). The summed E-state index contributed by atoms with van der Waals surface area (Å²) in [5.41, 5.74) is 4.01. The smallest absolute Gasteiger partial charge is 0.252 e. The van der Waals surface area contributed by atoms with Crippen molar-refractivity contribution < 1.29 is 4.79 Å². The molecule has 0 heterocycles. The lowest BCUT2D eigenvalue weighted by Crippen LogP contribution is -2.53. The number of amides is 1. The summed E-state index contributed by atoms with van der Waals surface area (Å²) >= 11 is 0. The van der Waals surface area contributed by atoms with E-state index in [-0.39, 0.29) is 17.5 Å². The molecular formula is C23H30N2O.